The van der Waals surface area contributed by atoms with Crippen LogP contribution in [-0.2, 0) is 13.2 Å². The van der Waals surface area contributed by atoms with Crippen LogP contribution in [-0.4, -0.2) is 38.3 Å². The van der Waals surface area contributed by atoms with Crippen LogP contribution in [0.15, 0.2) is 53.7 Å². The third kappa shape index (κ3) is 5.15. The Kier molecular flexibility index (Phi) is 7.02. The van der Waals surface area contributed by atoms with Gasteiger partial charge in [-0.05, 0) is 31.2 Å². The molecule has 0 bridgehead atoms. The summed E-state index contributed by atoms with van der Waals surface area (Å²) in [6.07, 6.45) is 0. The highest BCUT2D eigenvalue weighted by atomic mass is 32.2. The second kappa shape index (κ2) is 9.88. The van der Waals surface area contributed by atoms with Crippen LogP contribution >= 0.6 is 11.8 Å². The maximum absolute atomic E-state index is 12.4. The van der Waals surface area contributed by atoms with Crippen molar-refractivity contribution in [3.8, 4) is 11.5 Å². The fraction of sp³-hybridized carbons (Fsp3) is 0.250. The van der Waals surface area contributed by atoms with E-state index in [1.54, 1.807) is 37.4 Å². The molecule has 30 heavy (non-hydrogen) atoms. The highest BCUT2D eigenvalue weighted by Gasteiger charge is 2.16. The predicted molar refractivity (Wildman–Crippen MR) is 111 cm³/mol. The van der Waals surface area contributed by atoms with E-state index in [1.807, 2.05) is 11.5 Å². The van der Waals surface area contributed by atoms with Gasteiger partial charge in [0.15, 0.2) is 16.8 Å². The average Bonchev–Trinajstić information content (AvgIpc) is 3.18. The van der Waals surface area contributed by atoms with Crippen molar-refractivity contribution in [1.82, 2.24) is 14.8 Å². The highest BCUT2D eigenvalue weighted by Crippen LogP contribution is 2.22. The van der Waals surface area contributed by atoms with Gasteiger partial charge in [-0.25, -0.2) is 0 Å². The quantitative estimate of drug-likeness (QED) is 0.208. The van der Waals surface area contributed by atoms with E-state index < -0.39 is 4.92 Å². The molecule has 156 valence electrons. The smallest absolute Gasteiger partial charge is 0.270 e. The molecule has 3 aromatic rings. The van der Waals surface area contributed by atoms with Gasteiger partial charge in [-0.3, -0.25) is 14.9 Å². The van der Waals surface area contributed by atoms with Crippen molar-refractivity contribution in [3.05, 3.63) is 70.0 Å². The molecule has 0 atom stereocenters. The first kappa shape index (κ1) is 21.3. The van der Waals surface area contributed by atoms with Crippen LogP contribution in [0.5, 0.6) is 11.5 Å². The van der Waals surface area contributed by atoms with Crippen molar-refractivity contribution >= 4 is 23.2 Å². The Morgan fingerprint density at radius 1 is 1.17 bits per heavy atom. The largest absolute Gasteiger partial charge is 0.497 e. The van der Waals surface area contributed by atoms with Crippen molar-refractivity contribution in [1.29, 1.82) is 0 Å². The summed E-state index contributed by atoms with van der Waals surface area (Å²) in [7, 11) is 1.60. The molecule has 0 unspecified atom stereocenters. The number of carbonyl (C=O) groups excluding carboxylic acids is 1. The van der Waals surface area contributed by atoms with Crippen LogP contribution in [0, 0.1) is 10.1 Å². The fourth-order valence-corrected chi connectivity index (χ4v) is 3.59. The number of benzene rings is 2. The molecule has 0 spiro atoms. The Labute approximate surface area is 177 Å². The highest BCUT2D eigenvalue weighted by molar-refractivity contribution is 7.99. The van der Waals surface area contributed by atoms with Crippen molar-refractivity contribution in [2.75, 3.05) is 12.9 Å². The van der Waals surface area contributed by atoms with E-state index in [1.165, 1.54) is 30.0 Å². The van der Waals surface area contributed by atoms with Gasteiger partial charge in [0.1, 0.15) is 18.1 Å². The molecule has 0 aliphatic rings. The van der Waals surface area contributed by atoms with Crippen LogP contribution in [0.2, 0.25) is 0 Å². The number of ether oxygens (including phenoxy) is 2. The zero-order valence-electron chi connectivity index (χ0n) is 16.5. The Morgan fingerprint density at radius 2 is 1.90 bits per heavy atom. The van der Waals surface area contributed by atoms with Crippen molar-refractivity contribution < 1.29 is 19.2 Å². The van der Waals surface area contributed by atoms with E-state index in [0.717, 1.165) is 5.75 Å². The van der Waals surface area contributed by atoms with E-state index in [0.29, 0.717) is 28.8 Å². The van der Waals surface area contributed by atoms with Crippen molar-refractivity contribution in [2.45, 2.75) is 25.2 Å². The Morgan fingerprint density at radius 3 is 2.57 bits per heavy atom. The van der Waals surface area contributed by atoms with Gasteiger partial charge in [0, 0.05) is 24.2 Å². The summed E-state index contributed by atoms with van der Waals surface area (Å²) in [5.41, 5.74) is 0.183. The number of rotatable bonds is 10. The average molecular weight is 428 g/mol. The number of carbonyl (C=O) groups is 1. The number of nitro groups is 1. The molecule has 1 heterocycles. The predicted octanol–water partition coefficient (Wildman–Crippen LogP) is 3.77. The number of hydrogen-bond acceptors (Lipinski definition) is 8. The van der Waals surface area contributed by atoms with Crippen LogP contribution in [0.25, 0.3) is 0 Å². The molecular weight excluding hydrogens is 408 g/mol. The van der Waals surface area contributed by atoms with Gasteiger partial charge in [0.2, 0.25) is 0 Å². The summed E-state index contributed by atoms with van der Waals surface area (Å²) < 4.78 is 12.8. The summed E-state index contributed by atoms with van der Waals surface area (Å²) in [6, 6.07) is 12.9. The fourth-order valence-electron chi connectivity index (χ4n) is 2.68. The Balaban J connectivity index is 1.62. The second-order valence-electron chi connectivity index (χ2n) is 6.13. The molecule has 1 aromatic heterocycles. The minimum absolute atomic E-state index is 0.0959. The van der Waals surface area contributed by atoms with Gasteiger partial charge in [-0.15, -0.1) is 10.2 Å². The first-order valence-electron chi connectivity index (χ1n) is 9.11. The molecule has 0 saturated heterocycles. The molecule has 2 aromatic carbocycles. The van der Waals surface area contributed by atoms with Gasteiger partial charge >= 0.3 is 0 Å². The summed E-state index contributed by atoms with van der Waals surface area (Å²) in [6.45, 7) is 2.79. The lowest BCUT2D eigenvalue weighted by Crippen LogP contribution is -2.08. The van der Waals surface area contributed by atoms with Crippen LogP contribution in [0.4, 0.5) is 5.69 Å². The second-order valence-corrected chi connectivity index (χ2v) is 7.07. The van der Waals surface area contributed by atoms with Crippen molar-refractivity contribution in [2.24, 2.45) is 0 Å². The summed E-state index contributed by atoms with van der Waals surface area (Å²) in [5.74, 6) is 1.94. The standard InChI is InChI=1S/C20H20N4O5S/c1-3-23-19(12-29-17-9-7-16(28-2)8-10-17)21-22-20(23)30-13-18(25)14-5-4-6-15(11-14)24(26)27/h4-11H,3,12-13H2,1-2H3. The monoisotopic (exact) mass is 428 g/mol. The molecule has 0 saturated carbocycles. The molecule has 9 nitrogen and oxygen atoms in total. The zero-order chi connectivity index (χ0) is 21.5. The lowest BCUT2D eigenvalue weighted by molar-refractivity contribution is -0.384. The molecule has 0 amide bonds. The first-order valence-corrected chi connectivity index (χ1v) is 10.1. The SMILES string of the molecule is CCn1c(COc2ccc(OC)cc2)nnc1SCC(=O)c1cccc([N+](=O)[O-])c1. The summed E-state index contributed by atoms with van der Waals surface area (Å²) >= 11 is 1.23. The number of non-ortho nitro benzene ring substituents is 1. The Bertz CT molecular complexity index is 1040. The lowest BCUT2D eigenvalue weighted by Gasteiger charge is -2.09. The van der Waals surface area contributed by atoms with Crippen LogP contribution in [0.3, 0.4) is 0 Å². The van der Waals surface area contributed by atoms with Gasteiger partial charge in [0.05, 0.1) is 17.8 Å². The first-order chi connectivity index (χ1) is 14.5. The maximum atomic E-state index is 12.4. The van der Waals surface area contributed by atoms with E-state index >= 15 is 0 Å². The number of thioether (sulfide) groups is 1. The summed E-state index contributed by atoms with van der Waals surface area (Å²) in [4.78, 5) is 22.8. The third-order valence-corrected chi connectivity index (χ3v) is 5.22. The number of Topliss-reactive ketones (excluding diaryl/α,β-unsaturated/α-hetero) is 1. The molecule has 0 radical (unpaired) electrons. The molecule has 0 fully saturated rings. The normalized spacial score (nSPS) is 10.6. The number of ketones is 1. The van der Waals surface area contributed by atoms with Gasteiger partial charge in [-0.2, -0.15) is 0 Å². The third-order valence-electron chi connectivity index (χ3n) is 4.25. The minimum Gasteiger partial charge on any atom is -0.497 e. The number of nitrogens with zero attached hydrogens (tertiary/aromatic N) is 4. The molecule has 0 N–H and O–H groups in total. The number of methoxy groups -OCH3 is 1. The summed E-state index contributed by atoms with van der Waals surface area (Å²) in [5, 5.41) is 19.8. The molecule has 0 aliphatic carbocycles. The van der Waals surface area contributed by atoms with E-state index in [-0.39, 0.29) is 23.8 Å². The van der Waals surface area contributed by atoms with Gasteiger partial charge in [0.25, 0.3) is 5.69 Å². The number of nitro benzene ring substituents is 1. The molecule has 0 aliphatic heterocycles. The van der Waals surface area contributed by atoms with Crippen molar-refractivity contribution in [3.63, 3.8) is 0 Å². The number of hydrogen-bond donors (Lipinski definition) is 0. The lowest BCUT2D eigenvalue weighted by atomic mass is 10.1. The molecular formula is C20H20N4O5S. The van der Waals surface area contributed by atoms with Crippen LogP contribution < -0.4 is 9.47 Å². The molecule has 10 heteroatoms. The Hall–Kier alpha value is -3.40. The van der Waals surface area contributed by atoms with Gasteiger partial charge in [-0.1, -0.05) is 23.9 Å². The number of aromatic nitrogens is 3. The van der Waals surface area contributed by atoms with Gasteiger partial charge < -0.3 is 14.0 Å². The van der Waals surface area contributed by atoms with E-state index in [4.69, 9.17) is 9.47 Å². The van der Waals surface area contributed by atoms with Crippen LogP contribution in [0.1, 0.15) is 23.1 Å². The zero-order valence-corrected chi connectivity index (χ0v) is 17.3. The molecule has 3 rings (SSSR count). The van der Waals surface area contributed by atoms with E-state index in [9.17, 15) is 14.9 Å². The topological polar surface area (TPSA) is 109 Å². The maximum Gasteiger partial charge on any atom is 0.270 e. The minimum atomic E-state index is -0.521. The van der Waals surface area contributed by atoms with E-state index in [2.05, 4.69) is 10.2 Å².